The third-order valence-electron chi connectivity index (χ3n) is 5.69. The minimum absolute atomic E-state index is 0.0922. The number of alkyl halides is 3. The molecule has 4 rings (SSSR count). The summed E-state index contributed by atoms with van der Waals surface area (Å²) in [6.07, 6.45) is -7.74. The summed E-state index contributed by atoms with van der Waals surface area (Å²) in [7, 11) is 1.22. The number of methoxy groups -OCH3 is 1. The Kier molecular flexibility index (Phi) is 7.96. The van der Waals surface area contributed by atoms with Gasteiger partial charge in [-0.2, -0.15) is 13.2 Å². The second-order valence-electron chi connectivity index (χ2n) is 8.33. The number of carbonyl (C=O) groups excluding carboxylic acids is 1. The van der Waals surface area contributed by atoms with Crippen molar-refractivity contribution in [2.24, 2.45) is 0 Å². The zero-order valence-corrected chi connectivity index (χ0v) is 21.3. The number of carbonyl (C=O) groups is 1. The van der Waals surface area contributed by atoms with Crippen molar-refractivity contribution in [3.8, 4) is 22.5 Å². The van der Waals surface area contributed by atoms with E-state index in [0.29, 0.717) is 32.3 Å². The molecule has 198 valence electrons. The van der Waals surface area contributed by atoms with Gasteiger partial charge < -0.3 is 9.84 Å². The number of benzene rings is 3. The van der Waals surface area contributed by atoms with Crippen LogP contribution in [0.15, 0.2) is 71.5 Å². The van der Waals surface area contributed by atoms with E-state index in [1.54, 1.807) is 36.4 Å². The van der Waals surface area contributed by atoms with Crippen LogP contribution in [0.25, 0.3) is 22.5 Å². The monoisotopic (exact) mass is 565 g/mol. The van der Waals surface area contributed by atoms with E-state index >= 15 is 0 Å². The minimum Gasteiger partial charge on any atom is -0.465 e. The topological polar surface area (TPSA) is 86.3 Å². The predicted octanol–water partition coefficient (Wildman–Crippen LogP) is 5.44. The number of hydrogen-bond donors (Lipinski definition) is 1. The number of aliphatic hydroxyl groups excluding tert-OH is 1. The fraction of sp³-hybridized carbons (Fsp3) is 0.192. The zero-order valence-electron chi connectivity index (χ0n) is 19.7. The van der Waals surface area contributed by atoms with Gasteiger partial charge in [0, 0.05) is 21.2 Å². The van der Waals surface area contributed by atoms with E-state index in [2.05, 4.69) is 5.10 Å². The van der Waals surface area contributed by atoms with Gasteiger partial charge in [0.15, 0.2) is 11.9 Å². The molecule has 0 aliphatic rings. The van der Waals surface area contributed by atoms with E-state index in [9.17, 15) is 27.9 Å². The maximum Gasteiger partial charge on any atom is 0.416 e. The highest BCUT2D eigenvalue weighted by molar-refractivity contribution is 6.33. The van der Waals surface area contributed by atoms with Crippen molar-refractivity contribution in [3.63, 3.8) is 0 Å². The van der Waals surface area contributed by atoms with Gasteiger partial charge in [-0.05, 0) is 59.7 Å². The number of nitrogens with zero attached hydrogens (tertiary/aromatic N) is 3. The number of rotatable bonds is 7. The van der Waals surface area contributed by atoms with Gasteiger partial charge in [0.1, 0.15) is 0 Å². The van der Waals surface area contributed by atoms with Gasteiger partial charge in [-0.25, -0.2) is 14.3 Å². The van der Waals surface area contributed by atoms with Gasteiger partial charge in [-0.3, -0.25) is 4.57 Å². The first kappa shape index (κ1) is 27.4. The third-order valence-corrected chi connectivity index (χ3v) is 6.27. The quantitative estimate of drug-likeness (QED) is 0.301. The molecule has 12 heteroatoms. The molecule has 0 bridgehead atoms. The van der Waals surface area contributed by atoms with Crippen LogP contribution in [0.3, 0.4) is 0 Å². The van der Waals surface area contributed by atoms with Gasteiger partial charge in [0.25, 0.3) is 0 Å². The molecule has 1 N–H and O–H groups in total. The summed E-state index contributed by atoms with van der Waals surface area (Å²) in [5.41, 5.74) is 1.23. The molecule has 38 heavy (non-hydrogen) atoms. The van der Waals surface area contributed by atoms with Crippen LogP contribution in [-0.4, -0.2) is 44.8 Å². The molecule has 1 aromatic heterocycles. The van der Waals surface area contributed by atoms with Crippen LogP contribution in [-0.2, 0) is 17.8 Å². The average molecular weight is 566 g/mol. The summed E-state index contributed by atoms with van der Waals surface area (Å²) < 4.78 is 46.0. The van der Waals surface area contributed by atoms with Crippen LogP contribution < -0.4 is 5.69 Å². The van der Waals surface area contributed by atoms with Crippen molar-refractivity contribution in [1.82, 2.24) is 14.3 Å². The molecular weight excluding hydrogens is 546 g/mol. The molecule has 0 saturated heterocycles. The molecular formula is C26H20Cl2F3N3O4. The number of aromatic nitrogens is 3. The summed E-state index contributed by atoms with van der Waals surface area (Å²) in [6, 6.07) is 17.7. The van der Waals surface area contributed by atoms with E-state index in [4.69, 9.17) is 27.9 Å². The molecule has 0 aliphatic heterocycles. The van der Waals surface area contributed by atoms with Gasteiger partial charge in [-0.1, -0.05) is 41.4 Å². The summed E-state index contributed by atoms with van der Waals surface area (Å²) >= 11 is 12.3. The summed E-state index contributed by atoms with van der Waals surface area (Å²) in [5, 5.41) is 14.7. The molecule has 0 radical (unpaired) electrons. The normalized spacial score (nSPS) is 12.4. The fourth-order valence-electron chi connectivity index (χ4n) is 3.84. The molecule has 0 saturated carbocycles. The SMILES string of the molecule is COC(=O)c1cc(Cn2nc(-c3ccc(Cl)cc3)n(CC(O)C(F)(F)F)c2=O)cc(-c2ccccc2Cl)c1. The molecule has 0 aliphatic carbocycles. The first-order valence-corrected chi connectivity index (χ1v) is 11.9. The van der Waals surface area contributed by atoms with Gasteiger partial charge in [0.05, 0.1) is 25.8 Å². The molecule has 1 atom stereocenters. The minimum atomic E-state index is -4.95. The van der Waals surface area contributed by atoms with E-state index < -0.39 is 30.5 Å². The van der Waals surface area contributed by atoms with E-state index in [1.807, 2.05) is 0 Å². The average Bonchev–Trinajstić information content (AvgIpc) is 3.18. The van der Waals surface area contributed by atoms with E-state index in [-0.39, 0.29) is 17.9 Å². The summed E-state index contributed by atoms with van der Waals surface area (Å²) in [5.74, 6) is -0.724. The van der Waals surface area contributed by atoms with Crippen LogP contribution in [0, 0.1) is 0 Å². The number of esters is 1. The number of hydrogen-bond acceptors (Lipinski definition) is 5. The van der Waals surface area contributed by atoms with Crippen LogP contribution in [0.2, 0.25) is 10.0 Å². The van der Waals surface area contributed by atoms with E-state index in [1.165, 1.54) is 37.4 Å². The first-order valence-electron chi connectivity index (χ1n) is 11.1. The second-order valence-corrected chi connectivity index (χ2v) is 9.17. The Morgan fingerprint density at radius 2 is 1.74 bits per heavy atom. The van der Waals surface area contributed by atoms with Crippen LogP contribution >= 0.6 is 23.2 Å². The summed E-state index contributed by atoms with van der Waals surface area (Å²) in [4.78, 5) is 25.6. The van der Waals surface area contributed by atoms with Crippen molar-refractivity contribution in [2.45, 2.75) is 25.4 Å². The molecule has 0 spiro atoms. The Hall–Kier alpha value is -3.60. The maximum absolute atomic E-state index is 13.2. The van der Waals surface area contributed by atoms with Gasteiger partial charge in [-0.15, -0.1) is 5.10 Å². The van der Waals surface area contributed by atoms with Crippen molar-refractivity contribution in [1.29, 1.82) is 0 Å². The van der Waals surface area contributed by atoms with Crippen molar-refractivity contribution < 1.29 is 27.8 Å². The smallest absolute Gasteiger partial charge is 0.416 e. The summed E-state index contributed by atoms with van der Waals surface area (Å²) in [6.45, 7) is -1.26. The van der Waals surface area contributed by atoms with Crippen molar-refractivity contribution in [2.75, 3.05) is 7.11 Å². The lowest BCUT2D eigenvalue weighted by molar-refractivity contribution is -0.207. The molecule has 7 nitrogen and oxygen atoms in total. The van der Waals surface area contributed by atoms with Crippen LogP contribution in [0.4, 0.5) is 13.2 Å². The second kappa shape index (κ2) is 11.0. The highest BCUT2D eigenvalue weighted by Gasteiger charge is 2.39. The highest BCUT2D eigenvalue weighted by Crippen LogP contribution is 2.30. The molecule has 0 amide bonds. The Labute approximate surface area is 224 Å². The molecule has 1 heterocycles. The number of ether oxygens (including phenoxy) is 1. The molecule has 1 unspecified atom stereocenters. The van der Waals surface area contributed by atoms with E-state index in [0.717, 1.165) is 9.25 Å². The Balaban J connectivity index is 1.82. The third kappa shape index (κ3) is 5.93. The van der Waals surface area contributed by atoms with Crippen LogP contribution in [0.5, 0.6) is 0 Å². The first-order chi connectivity index (χ1) is 18.0. The molecule has 0 fully saturated rings. The Morgan fingerprint density at radius 3 is 2.37 bits per heavy atom. The lowest BCUT2D eigenvalue weighted by Gasteiger charge is -2.15. The predicted molar refractivity (Wildman–Crippen MR) is 136 cm³/mol. The maximum atomic E-state index is 13.2. The largest absolute Gasteiger partial charge is 0.465 e. The van der Waals surface area contributed by atoms with Gasteiger partial charge in [0.2, 0.25) is 0 Å². The lowest BCUT2D eigenvalue weighted by Crippen LogP contribution is -2.37. The van der Waals surface area contributed by atoms with Gasteiger partial charge >= 0.3 is 17.8 Å². The van der Waals surface area contributed by atoms with Crippen molar-refractivity contribution in [3.05, 3.63) is 98.4 Å². The van der Waals surface area contributed by atoms with Crippen molar-refractivity contribution >= 4 is 29.2 Å². The molecule has 3 aromatic carbocycles. The lowest BCUT2D eigenvalue weighted by atomic mass is 9.99. The number of aliphatic hydroxyl groups is 1. The molecule has 4 aromatic rings. The fourth-order valence-corrected chi connectivity index (χ4v) is 4.21. The number of halogens is 5. The standard InChI is InChI=1S/C26H20Cl2F3N3O4/c1-38-24(36)18-11-15(10-17(12-18)20-4-2-3-5-21(20)28)13-34-25(37)33(14-22(35)26(29,30)31)23(32-34)16-6-8-19(27)9-7-16/h2-12,22,35H,13-14H2,1H3. The van der Waals surface area contributed by atoms with Crippen LogP contribution in [0.1, 0.15) is 15.9 Å². The Bertz CT molecular complexity index is 1530. The zero-order chi connectivity index (χ0) is 27.6. The Morgan fingerprint density at radius 1 is 1.05 bits per heavy atom. The highest BCUT2D eigenvalue weighted by atomic mass is 35.5.